The molecule has 0 spiro atoms. The molecule has 3 aromatic carbocycles. The van der Waals surface area contributed by atoms with E-state index < -0.39 is 9.84 Å². The van der Waals surface area contributed by atoms with Crippen LogP contribution in [0.15, 0.2) is 82.6 Å². The van der Waals surface area contributed by atoms with Gasteiger partial charge in [0.2, 0.25) is 9.84 Å². The summed E-state index contributed by atoms with van der Waals surface area (Å²) in [5, 5.41) is 0. The van der Waals surface area contributed by atoms with Gasteiger partial charge in [-0.25, -0.2) is 8.42 Å². The molecule has 0 aliphatic heterocycles. The number of rotatable bonds is 7. The van der Waals surface area contributed by atoms with Gasteiger partial charge in [0.1, 0.15) is 23.8 Å². The monoisotopic (exact) mass is 412 g/mol. The Balaban J connectivity index is 1.82. The summed E-state index contributed by atoms with van der Waals surface area (Å²) in [4.78, 5) is 0.440. The van der Waals surface area contributed by atoms with Crippen LogP contribution in [0.4, 0.5) is 0 Å². The standard InChI is InChI=1S/C23H26NO4S/c1-24(2,3)17-18-7-5-6-8-23(18)28-20-11-15-22(16-12-20)29(25,26)21-13-9-19(27-4)10-14-21/h5-16H,17H2,1-4H3/q+1. The summed E-state index contributed by atoms with van der Waals surface area (Å²) in [5.74, 6) is 1.97. The van der Waals surface area contributed by atoms with Crippen molar-refractivity contribution in [3.63, 3.8) is 0 Å². The summed E-state index contributed by atoms with van der Waals surface area (Å²) in [6.45, 7) is 0.820. The van der Waals surface area contributed by atoms with Crippen LogP contribution in [0.2, 0.25) is 0 Å². The first kappa shape index (κ1) is 20.9. The maximum atomic E-state index is 12.8. The van der Waals surface area contributed by atoms with Crippen molar-refractivity contribution >= 4 is 9.84 Å². The molecule has 0 atom stereocenters. The van der Waals surface area contributed by atoms with E-state index in [-0.39, 0.29) is 9.79 Å². The molecule has 0 N–H and O–H groups in total. The molecule has 0 unspecified atom stereocenters. The molecule has 0 fully saturated rings. The lowest BCUT2D eigenvalue weighted by Gasteiger charge is -2.25. The van der Waals surface area contributed by atoms with Gasteiger partial charge in [-0.3, -0.25) is 0 Å². The molecule has 6 heteroatoms. The number of hydrogen-bond acceptors (Lipinski definition) is 4. The van der Waals surface area contributed by atoms with E-state index >= 15 is 0 Å². The third kappa shape index (κ3) is 5.16. The number of sulfone groups is 1. The molecule has 0 saturated heterocycles. The zero-order valence-corrected chi connectivity index (χ0v) is 17.9. The lowest BCUT2D eigenvalue weighted by molar-refractivity contribution is -0.884. The van der Waals surface area contributed by atoms with Crippen LogP contribution in [0.3, 0.4) is 0 Å². The van der Waals surface area contributed by atoms with Gasteiger partial charge in [-0.1, -0.05) is 12.1 Å². The van der Waals surface area contributed by atoms with Gasteiger partial charge in [-0.05, 0) is 60.7 Å². The number of ether oxygens (including phenoxy) is 2. The summed E-state index contributed by atoms with van der Waals surface area (Å²) < 4.78 is 37.6. The molecule has 0 saturated carbocycles. The van der Waals surface area contributed by atoms with Gasteiger partial charge < -0.3 is 14.0 Å². The Morgan fingerprint density at radius 2 is 1.28 bits per heavy atom. The van der Waals surface area contributed by atoms with Gasteiger partial charge in [0, 0.05) is 5.56 Å². The molecule has 5 nitrogen and oxygen atoms in total. The highest BCUT2D eigenvalue weighted by Crippen LogP contribution is 2.29. The average Bonchev–Trinajstić information content (AvgIpc) is 2.69. The molecule has 0 heterocycles. The summed E-state index contributed by atoms with van der Waals surface area (Å²) >= 11 is 0. The predicted octanol–water partition coefficient (Wildman–Crippen LogP) is 4.53. The quantitative estimate of drug-likeness (QED) is 0.535. The Kier molecular flexibility index (Phi) is 5.96. The van der Waals surface area contributed by atoms with Crippen LogP contribution in [0.25, 0.3) is 0 Å². The second kappa shape index (κ2) is 8.27. The van der Waals surface area contributed by atoms with Crippen LogP contribution in [0, 0.1) is 0 Å². The van der Waals surface area contributed by atoms with Crippen molar-refractivity contribution in [3.05, 3.63) is 78.4 Å². The molecule has 3 rings (SSSR count). The van der Waals surface area contributed by atoms with Gasteiger partial charge in [-0.2, -0.15) is 0 Å². The Labute approximate surface area is 172 Å². The number of quaternary nitrogens is 1. The number of para-hydroxylation sites is 1. The number of benzene rings is 3. The molecule has 3 aromatic rings. The normalized spacial score (nSPS) is 11.9. The van der Waals surface area contributed by atoms with E-state index in [1.165, 1.54) is 0 Å². The first-order chi connectivity index (χ1) is 13.7. The summed E-state index contributed by atoms with van der Waals surface area (Å²) in [5.41, 5.74) is 1.09. The highest BCUT2D eigenvalue weighted by molar-refractivity contribution is 7.91. The minimum atomic E-state index is -3.60. The molecule has 0 bridgehead atoms. The zero-order chi connectivity index (χ0) is 21.1. The van der Waals surface area contributed by atoms with Crippen LogP contribution >= 0.6 is 0 Å². The smallest absolute Gasteiger partial charge is 0.206 e. The average molecular weight is 413 g/mol. The maximum Gasteiger partial charge on any atom is 0.206 e. The van der Waals surface area contributed by atoms with Gasteiger partial charge >= 0.3 is 0 Å². The van der Waals surface area contributed by atoms with E-state index in [1.807, 2.05) is 24.3 Å². The molecular weight excluding hydrogens is 386 g/mol. The highest BCUT2D eigenvalue weighted by atomic mass is 32.2. The van der Waals surface area contributed by atoms with Gasteiger partial charge in [0.25, 0.3) is 0 Å². The largest absolute Gasteiger partial charge is 0.497 e. The lowest BCUT2D eigenvalue weighted by Crippen LogP contribution is -2.33. The maximum absolute atomic E-state index is 12.8. The van der Waals surface area contributed by atoms with Crippen molar-refractivity contribution < 1.29 is 22.4 Å². The summed E-state index contributed by atoms with van der Waals surface area (Å²) in [6.07, 6.45) is 0. The number of hydrogen-bond donors (Lipinski definition) is 0. The fraction of sp³-hybridized carbons (Fsp3) is 0.217. The Morgan fingerprint density at radius 1 is 0.759 bits per heavy atom. The minimum absolute atomic E-state index is 0.217. The summed E-state index contributed by atoms with van der Waals surface area (Å²) in [6, 6.07) is 20.7. The SMILES string of the molecule is COc1ccc(S(=O)(=O)c2ccc(Oc3ccccc3C[N+](C)(C)C)cc2)cc1. The predicted molar refractivity (Wildman–Crippen MR) is 113 cm³/mol. The number of nitrogens with zero attached hydrogens (tertiary/aromatic N) is 1. The zero-order valence-electron chi connectivity index (χ0n) is 17.1. The van der Waals surface area contributed by atoms with Crippen molar-refractivity contribution in [1.29, 1.82) is 0 Å². The van der Waals surface area contributed by atoms with E-state index in [2.05, 4.69) is 21.1 Å². The molecular formula is C23H26NO4S+. The van der Waals surface area contributed by atoms with Crippen LogP contribution in [0.1, 0.15) is 5.56 Å². The van der Waals surface area contributed by atoms with Crippen LogP contribution in [-0.4, -0.2) is 41.2 Å². The van der Waals surface area contributed by atoms with E-state index in [0.717, 1.165) is 22.3 Å². The van der Waals surface area contributed by atoms with E-state index in [0.29, 0.717) is 11.5 Å². The molecule has 29 heavy (non-hydrogen) atoms. The third-order valence-electron chi connectivity index (χ3n) is 4.35. The molecule has 0 amide bonds. The van der Waals surface area contributed by atoms with E-state index in [9.17, 15) is 8.42 Å². The van der Waals surface area contributed by atoms with E-state index in [4.69, 9.17) is 9.47 Å². The summed E-state index contributed by atoms with van der Waals surface area (Å²) in [7, 11) is 4.31. The fourth-order valence-corrected chi connectivity index (χ4v) is 4.21. The van der Waals surface area contributed by atoms with Crippen LogP contribution < -0.4 is 9.47 Å². The Bertz CT molecular complexity index is 1070. The van der Waals surface area contributed by atoms with E-state index in [1.54, 1.807) is 55.6 Å². The van der Waals surface area contributed by atoms with Gasteiger partial charge in [0.15, 0.2) is 0 Å². The lowest BCUT2D eigenvalue weighted by atomic mass is 10.2. The highest BCUT2D eigenvalue weighted by Gasteiger charge is 2.18. The van der Waals surface area contributed by atoms with Crippen molar-refractivity contribution in [2.45, 2.75) is 16.3 Å². The van der Waals surface area contributed by atoms with Crippen LogP contribution in [0.5, 0.6) is 17.2 Å². The molecule has 0 aliphatic rings. The van der Waals surface area contributed by atoms with Gasteiger partial charge in [0.05, 0.1) is 38.0 Å². The second-order valence-corrected chi connectivity index (χ2v) is 9.76. The molecule has 152 valence electrons. The van der Waals surface area contributed by atoms with Crippen molar-refractivity contribution in [2.24, 2.45) is 0 Å². The first-order valence-electron chi connectivity index (χ1n) is 9.24. The van der Waals surface area contributed by atoms with Crippen molar-refractivity contribution in [3.8, 4) is 17.2 Å². The number of methoxy groups -OCH3 is 1. The van der Waals surface area contributed by atoms with Crippen molar-refractivity contribution in [1.82, 2.24) is 0 Å². The molecule has 0 aromatic heterocycles. The molecule has 0 aliphatic carbocycles. The Hall–Kier alpha value is -2.83. The van der Waals surface area contributed by atoms with Gasteiger partial charge in [-0.15, -0.1) is 0 Å². The fourth-order valence-electron chi connectivity index (χ4n) is 2.95. The topological polar surface area (TPSA) is 52.6 Å². The van der Waals surface area contributed by atoms with Crippen LogP contribution in [-0.2, 0) is 16.4 Å². The third-order valence-corrected chi connectivity index (χ3v) is 6.13. The van der Waals surface area contributed by atoms with Crippen molar-refractivity contribution in [2.75, 3.05) is 28.3 Å². The molecule has 0 radical (unpaired) electrons. The first-order valence-corrected chi connectivity index (χ1v) is 10.7. The Morgan fingerprint density at radius 3 is 1.79 bits per heavy atom. The second-order valence-electron chi connectivity index (χ2n) is 7.81. The minimum Gasteiger partial charge on any atom is -0.497 e.